The first-order valence-electron chi connectivity index (χ1n) is 5.57. The Labute approximate surface area is 111 Å². The highest BCUT2D eigenvalue weighted by Gasteiger charge is 2.23. The highest BCUT2D eigenvalue weighted by Crippen LogP contribution is 2.21. The number of thioether (sulfide) groups is 1. The minimum atomic E-state index is -0.977. The Balaban J connectivity index is 2.32. The quantitative estimate of drug-likeness (QED) is 0.749. The van der Waals surface area contributed by atoms with Gasteiger partial charge < -0.3 is 10.4 Å². The SMILES string of the molecule is CSCCCC(=O)NCC(C)(O)c1ccsc1. The second-order valence-corrected chi connectivity index (χ2v) is 5.92. The molecule has 0 spiro atoms. The van der Waals surface area contributed by atoms with Gasteiger partial charge in [0.1, 0.15) is 5.60 Å². The van der Waals surface area contributed by atoms with Crippen molar-refractivity contribution in [2.45, 2.75) is 25.4 Å². The fraction of sp³-hybridized carbons (Fsp3) is 0.583. The normalized spacial score (nSPS) is 14.3. The lowest BCUT2D eigenvalue weighted by Crippen LogP contribution is -2.38. The van der Waals surface area contributed by atoms with Gasteiger partial charge in [-0.15, -0.1) is 0 Å². The summed E-state index contributed by atoms with van der Waals surface area (Å²) in [6.07, 6.45) is 3.44. The summed E-state index contributed by atoms with van der Waals surface area (Å²) >= 11 is 3.28. The molecule has 1 heterocycles. The highest BCUT2D eigenvalue weighted by atomic mass is 32.2. The van der Waals surface area contributed by atoms with Crippen LogP contribution in [0.2, 0.25) is 0 Å². The number of hydrogen-bond acceptors (Lipinski definition) is 4. The summed E-state index contributed by atoms with van der Waals surface area (Å²) in [5, 5.41) is 16.8. The third kappa shape index (κ3) is 5.10. The molecule has 1 amide bonds. The minimum absolute atomic E-state index is 0.00885. The van der Waals surface area contributed by atoms with Crippen molar-refractivity contribution in [1.82, 2.24) is 5.32 Å². The Morgan fingerprint density at radius 1 is 1.65 bits per heavy atom. The monoisotopic (exact) mass is 273 g/mol. The van der Waals surface area contributed by atoms with Crippen molar-refractivity contribution in [2.75, 3.05) is 18.6 Å². The lowest BCUT2D eigenvalue weighted by atomic mass is 9.99. The van der Waals surface area contributed by atoms with E-state index in [1.165, 1.54) is 0 Å². The zero-order valence-corrected chi connectivity index (χ0v) is 11.9. The molecular formula is C12H19NO2S2. The molecule has 3 nitrogen and oxygen atoms in total. The van der Waals surface area contributed by atoms with Gasteiger partial charge in [0, 0.05) is 6.42 Å². The predicted molar refractivity (Wildman–Crippen MR) is 74.5 cm³/mol. The summed E-state index contributed by atoms with van der Waals surface area (Å²) in [7, 11) is 0. The van der Waals surface area contributed by atoms with Crippen molar-refractivity contribution in [3.05, 3.63) is 22.4 Å². The number of aliphatic hydroxyl groups is 1. The fourth-order valence-electron chi connectivity index (χ4n) is 1.41. The summed E-state index contributed by atoms with van der Waals surface area (Å²) in [5.41, 5.74) is -0.123. The zero-order valence-electron chi connectivity index (χ0n) is 10.2. The smallest absolute Gasteiger partial charge is 0.220 e. The fourth-order valence-corrected chi connectivity index (χ4v) is 2.62. The number of carbonyl (C=O) groups excluding carboxylic acids is 1. The molecular weight excluding hydrogens is 254 g/mol. The van der Waals surface area contributed by atoms with E-state index >= 15 is 0 Å². The largest absolute Gasteiger partial charge is 0.384 e. The number of hydrogen-bond donors (Lipinski definition) is 2. The van der Waals surface area contributed by atoms with Gasteiger partial charge in [0.05, 0.1) is 6.54 Å². The maximum absolute atomic E-state index is 11.5. The zero-order chi connectivity index (χ0) is 12.7. The van der Waals surface area contributed by atoms with E-state index in [9.17, 15) is 9.90 Å². The van der Waals surface area contributed by atoms with E-state index in [0.29, 0.717) is 6.42 Å². The number of rotatable bonds is 7. The van der Waals surface area contributed by atoms with Crippen molar-refractivity contribution in [2.24, 2.45) is 0 Å². The van der Waals surface area contributed by atoms with E-state index in [2.05, 4.69) is 5.32 Å². The minimum Gasteiger partial charge on any atom is -0.384 e. The second-order valence-electron chi connectivity index (χ2n) is 4.16. The van der Waals surface area contributed by atoms with Gasteiger partial charge in [0.25, 0.3) is 0 Å². The molecule has 5 heteroatoms. The van der Waals surface area contributed by atoms with Crippen LogP contribution in [-0.4, -0.2) is 29.6 Å². The average Bonchev–Trinajstić information content (AvgIpc) is 2.81. The number of amides is 1. The van der Waals surface area contributed by atoms with Crippen LogP contribution in [0.4, 0.5) is 0 Å². The van der Waals surface area contributed by atoms with Gasteiger partial charge in [0.2, 0.25) is 5.91 Å². The maximum atomic E-state index is 11.5. The summed E-state index contributed by atoms with van der Waals surface area (Å²) in [4.78, 5) is 11.5. The van der Waals surface area contributed by atoms with Gasteiger partial charge in [-0.2, -0.15) is 23.1 Å². The van der Waals surface area contributed by atoms with Crippen molar-refractivity contribution < 1.29 is 9.90 Å². The highest BCUT2D eigenvalue weighted by molar-refractivity contribution is 7.98. The molecule has 17 heavy (non-hydrogen) atoms. The topological polar surface area (TPSA) is 49.3 Å². The Morgan fingerprint density at radius 3 is 3.00 bits per heavy atom. The molecule has 1 atom stereocenters. The Kier molecular flexibility index (Phi) is 6.02. The van der Waals surface area contributed by atoms with Gasteiger partial charge in [-0.3, -0.25) is 4.79 Å². The summed E-state index contributed by atoms with van der Waals surface area (Å²) in [6.45, 7) is 1.99. The standard InChI is InChI=1S/C12H19NO2S2/c1-12(15,10-5-7-17-8-10)9-13-11(14)4-3-6-16-2/h5,7-8,15H,3-4,6,9H2,1-2H3,(H,13,14). The van der Waals surface area contributed by atoms with Gasteiger partial charge >= 0.3 is 0 Å². The van der Waals surface area contributed by atoms with E-state index in [-0.39, 0.29) is 12.5 Å². The van der Waals surface area contributed by atoms with Crippen molar-refractivity contribution >= 4 is 29.0 Å². The molecule has 0 aliphatic heterocycles. The number of thiophene rings is 1. The molecule has 1 aromatic rings. The average molecular weight is 273 g/mol. The molecule has 0 saturated heterocycles. The third-order valence-electron chi connectivity index (χ3n) is 2.53. The van der Waals surface area contributed by atoms with Gasteiger partial charge in [-0.05, 0) is 47.7 Å². The summed E-state index contributed by atoms with van der Waals surface area (Å²) in [5.74, 6) is 1.00. The molecule has 0 aromatic carbocycles. The molecule has 2 N–H and O–H groups in total. The van der Waals surface area contributed by atoms with E-state index in [1.807, 2.05) is 23.1 Å². The van der Waals surface area contributed by atoms with Crippen LogP contribution in [0.3, 0.4) is 0 Å². The first-order chi connectivity index (χ1) is 8.06. The van der Waals surface area contributed by atoms with E-state index < -0.39 is 5.60 Å². The van der Waals surface area contributed by atoms with Crippen LogP contribution >= 0.6 is 23.1 Å². The number of carbonyl (C=O) groups is 1. The van der Waals surface area contributed by atoms with Crippen LogP contribution in [0, 0.1) is 0 Å². The van der Waals surface area contributed by atoms with Crippen LogP contribution < -0.4 is 5.32 Å². The molecule has 1 aromatic heterocycles. The summed E-state index contributed by atoms with van der Waals surface area (Å²) in [6, 6.07) is 1.88. The molecule has 0 radical (unpaired) electrons. The van der Waals surface area contributed by atoms with Gasteiger partial charge in [0.15, 0.2) is 0 Å². The Hall–Kier alpha value is -0.520. The van der Waals surface area contributed by atoms with Crippen LogP contribution in [0.1, 0.15) is 25.3 Å². The predicted octanol–water partition coefficient (Wildman–Crippen LogP) is 2.21. The van der Waals surface area contributed by atoms with Gasteiger partial charge in [-0.1, -0.05) is 0 Å². The van der Waals surface area contributed by atoms with Crippen molar-refractivity contribution in [3.8, 4) is 0 Å². The lowest BCUT2D eigenvalue weighted by molar-refractivity contribution is -0.122. The van der Waals surface area contributed by atoms with Crippen LogP contribution in [0.25, 0.3) is 0 Å². The maximum Gasteiger partial charge on any atom is 0.220 e. The van der Waals surface area contributed by atoms with E-state index in [1.54, 1.807) is 30.0 Å². The molecule has 1 unspecified atom stereocenters. The van der Waals surface area contributed by atoms with Crippen molar-refractivity contribution in [3.63, 3.8) is 0 Å². The molecule has 0 fully saturated rings. The first kappa shape index (κ1) is 14.5. The second kappa shape index (κ2) is 7.03. The first-order valence-corrected chi connectivity index (χ1v) is 7.90. The molecule has 0 bridgehead atoms. The molecule has 0 aliphatic rings. The molecule has 96 valence electrons. The third-order valence-corrected chi connectivity index (χ3v) is 3.91. The Bertz CT molecular complexity index is 336. The van der Waals surface area contributed by atoms with Crippen molar-refractivity contribution in [1.29, 1.82) is 0 Å². The van der Waals surface area contributed by atoms with E-state index in [4.69, 9.17) is 0 Å². The molecule has 0 aliphatic carbocycles. The van der Waals surface area contributed by atoms with Crippen LogP contribution in [0.15, 0.2) is 16.8 Å². The molecule has 0 saturated carbocycles. The van der Waals surface area contributed by atoms with Crippen LogP contribution in [-0.2, 0) is 10.4 Å². The lowest BCUT2D eigenvalue weighted by Gasteiger charge is -2.22. The Morgan fingerprint density at radius 2 is 2.41 bits per heavy atom. The molecule has 1 rings (SSSR count). The van der Waals surface area contributed by atoms with Crippen LogP contribution in [0.5, 0.6) is 0 Å². The van der Waals surface area contributed by atoms with Gasteiger partial charge in [-0.25, -0.2) is 0 Å². The summed E-state index contributed by atoms with van der Waals surface area (Å²) < 4.78 is 0. The number of nitrogens with one attached hydrogen (secondary N) is 1. The van der Waals surface area contributed by atoms with E-state index in [0.717, 1.165) is 17.7 Å².